The van der Waals surface area contributed by atoms with Crippen molar-refractivity contribution in [3.8, 4) is 11.8 Å². The Morgan fingerprint density at radius 2 is 2.11 bits per heavy atom. The Hall–Kier alpha value is -1.83. The standard InChI is InChI=1S/C15H19NO3/c1-15(2,19-3)14(18)16-11-13-8-5-4-7-12(13)9-6-10-17/h4-5,7-8,17H,10-11H2,1-3H3,(H,16,18). The Balaban J connectivity index is 2.76. The van der Waals surface area contributed by atoms with E-state index in [0.29, 0.717) is 6.54 Å². The smallest absolute Gasteiger partial charge is 0.251 e. The highest BCUT2D eigenvalue weighted by Crippen LogP contribution is 2.10. The number of amides is 1. The predicted molar refractivity (Wildman–Crippen MR) is 73.3 cm³/mol. The van der Waals surface area contributed by atoms with Gasteiger partial charge in [-0.2, -0.15) is 0 Å². The molecule has 0 saturated carbocycles. The van der Waals surface area contributed by atoms with Crippen LogP contribution in [0, 0.1) is 11.8 Å². The molecule has 0 spiro atoms. The van der Waals surface area contributed by atoms with Crippen LogP contribution in [-0.4, -0.2) is 30.3 Å². The molecule has 4 nitrogen and oxygen atoms in total. The zero-order valence-corrected chi connectivity index (χ0v) is 11.5. The van der Waals surface area contributed by atoms with Gasteiger partial charge in [-0.25, -0.2) is 0 Å². The summed E-state index contributed by atoms with van der Waals surface area (Å²) in [5, 5.41) is 11.5. The molecule has 0 bridgehead atoms. The molecule has 102 valence electrons. The predicted octanol–water partition coefficient (Wildman–Crippen LogP) is 1.07. The molecule has 1 rings (SSSR count). The van der Waals surface area contributed by atoms with Gasteiger partial charge in [0.25, 0.3) is 5.91 Å². The van der Waals surface area contributed by atoms with Gasteiger partial charge in [0, 0.05) is 19.2 Å². The van der Waals surface area contributed by atoms with Gasteiger partial charge in [0.2, 0.25) is 0 Å². The third-order valence-electron chi connectivity index (χ3n) is 2.82. The number of nitrogens with one attached hydrogen (secondary N) is 1. The van der Waals surface area contributed by atoms with Crippen molar-refractivity contribution < 1.29 is 14.6 Å². The quantitative estimate of drug-likeness (QED) is 0.797. The number of rotatable bonds is 4. The molecular formula is C15H19NO3. The van der Waals surface area contributed by atoms with E-state index in [4.69, 9.17) is 9.84 Å². The summed E-state index contributed by atoms with van der Waals surface area (Å²) in [6, 6.07) is 7.49. The van der Waals surface area contributed by atoms with E-state index in [1.165, 1.54) is 7.11 Å². The fourth-order valence-electron chi connectivity index (χ4n) is 1.41. The summed E-state index contributed by atoms with van der Waals surface area (Å²) >= 11 is 0. The molecule has 0 heterocycles. The summed E-state index contributed by atoms with van der Waals surface area (Å²) in [6.45, 7) is 3.61. The zero-order chi connectivity index (χ0) is 14.3. The second-order valence-electron chi connectivity index (χ2n) is 4.51. The molecule has 0 aliphatic heterocycles. The van der Waals surface area contributed by atoms with Crippen molar-refractivity contribution in [2.75, 3.05) is 13.7 Å². The van der Waals surface area contributed by atoms with Crippen molar-refractivity contribution in [1.82, 2.24) is 5.32 Å². The molecule has 0 unspecified atom stereocenters. The van der Waals surface area contributed by atoms with Gasteiger partial charge in [0.15, 0.2) is 0 Å². The van der Waals surface area contributed by atoms with Crippen LogP contribution in [0.3, 0.4) is 0 Å². The SMILES string of the molecule is COC(C)(C)C(=O)NCc1ccccc1C#CCO. The van der Waals surface area contributed by atoms with Gasteiger partial charge in [-0.1, -0.05) is 30.0 Å². The summed E-state index contributed by atoms with van der Waals surface area (Å²) in [5.41, 5.74) is 0.849. The Labute approximate surface area is 113 Å². The largest absolute Gasteiger partial charge is 0.384 e. The highest BCUT2D eigenvalue weighted by atomic mass is 16.5. The van der Waals surface area contributed by atoms with Gasteiger partial charge in [-0.3, -0.25) is 4.79 Å². The monoisotopic (exact) mass is 261 g/mol. The van der Waals surface area contributed by atoms with Crippen molar-refractivity contribution in [2.45, 2.75) is 26.0 Å². The number of carbonyl (C=O) groups is 1. The second kappa shape index (κ2) is 6.93. The summed E-state index contributed by atoms with van der Waals surface area (Å²) in [5.74, 6) is 5.28. The van der Waals surface area contributed by atoms with Crippen LogP contribution in [0.15, 0.2) is 24.3 Å². The topological polar surface area (TPSA) is 58.6 Å². The van der Waals surface area contributed by atoms with Gasteiger partial charge in [-0.15, -0.1) is 0 Å². The molecule has 0 radical (unpaired) electrons. The minimum atomic E-state index is -0.855. The van der Waals surface area contributed by atoms with Crippen molar-refractivity contribution in [2.24, 2.45) is 0 Å². The van der Waals surface area contributed by atoms with E-state index in [9.17, 15) is 4.79 Å². The average Bonchev–Trinajstić information content (AvgIpc) is 2.43. The summed E-state index contributed by atoms with van der Waals surface area (Å²) < 4.78 is 5.11. The molecule has 0 fully saturated rings. The van der Waals surface area contributed by atoms with Crippen molar-refractivity contribution >= 4 is 5.91 Å². The highest BCUT2D eigenvalue weighted by molar-refractivity contribution is 5.84. The van der Waals surface area contributed by atoms with E-state index in [-0.39, 0.29) is 12.5 Å². The lowest BCUT2D eigenvalue weighted by molar-refractivity contribution is -0.139. The molecule has 1 aromatic rings. The van der Waals surface area contributed by atoms with Crippen LogP contribution >= 0.6 is 0 Å². The lowest BCUT2D eigenvalue weighted by Crippen LogP contribution is -2.43. The fourth-order valence-corrected chi connectivity index (χ4v) is 1.41. The number of aliphatic hydroxyl groups excluding tert-OH is 1. The number of hydrogen-bond acceptors (Lipinski definition) is 3. The lowest BCUT2D eigenvalue weighted by atomic mass is 10.1. The van der Waals surface area contributed by atoms with E-state index in [1.807, 2.05) is 24.3 Å². The molecule has 0 aliphatic rings. The Morgan fingerprint density at radius 1 is 1.42 bits per heavy atom. The van der Waals surface area contributed by atoms with Crippen LogP contribution < -0.4 is 5.32 Å². The van der Waals surface area contributed by atoms with Crippen LogP contribution in [0.2, 0.25) is 0 Å². The maximum absolute atomic E-state index is 11.9. The van der Waals surface area contributed by atoms with E-state index >= 15 is 0 Å². The summed E-state index contributed by atoms with van der Waals surface area (Å²) in [7, 11) is 1.50. The average molecular weight is 261 g/mol. The van der Waals surface area contributed by atoms with Gasteiger partial charge >= 0.3 is 0 Å². The molecule has 1 amide bonds. The van der Waals surface area contributed by atoms with E-state index < -0.39 is 5.60 Å². The van der Waals surface area contributed by atoms with Crippen molar-refractivity contribution in [3.63, 3.8) is 0 Å². The van der Waals surface area contributed by atoms with E-state index in [0.717, 1.165) is 11.1 Å². The van der Waals surface area contributed by atoms with Crippen LogP contribution in [0.25, 0.3) is 0 Å². The Bertz CT molecular complexity index is 498. The number of ether oxygens (including phenoxy) is 1. The molecule has 1 aromatic carbocycles. The zero-order valence-electron chi connectivity index (χ0n) is 11.5. The number of benzene rings is 1. The van der Waals surface area contributed by atoms with Crippen molar-refractivity contribution in [1.29, 1.82) is 0 Å². The third kappa shape index (κ3) is 4.40. The van der Waals surface area contributed by atoms with Crippen LogP contribution in [-0.2, 0) is 16.1 Å². The molecule has 0 saturated heterocycles. The van der Waals surface area contributed by atoms with Gasteiger partial charge in [0.05, 0.1) is 0 Å². The number of hydrogen-bond donors (Lipinski definition) is 2. The minimum Gasteiger partial charge on any atom is -0.384 e. The molecule has 19 heavy (non-hydrogen) atoms. The van der Waals surface area contributed by atoms with Crippen molar-refractivity contribution in [3.05, 3.63) is 35.4 Å². The molecule has 4 heteroatoms. The summed E-state index contributed by atoms with van der Waals surface area (Å²) in [4.78, 5) is 11.9. The van der Waals surface area contributed by atoms with Crippen LogP contribution in [0.4, 0.5) is 0 Å². The Morgan fingerprint density at radius 3 is 2.74 bits per heavy atom. The van der Waals surface area contributed by atoms with Crippen LogP contribution in [0.5, 0.6) is 0 Å². The number of methoxy groups -OCH3 is 1. The number of carbonyl (C=O) groups excluding carboxylic acids is 1. The maximum Gasteiger partial charge on any atom is 0.251 e. The first-order chi connectivity index (χ1) is 9.01. The highest BCUT2D eigenvalue weighted by Gasteiger charge is 2.26. The second-order valence-corrected chi connectivity index (χ2v) is 4.51. The molecule has 2 N–H and O–H groups in total. The lowest BCUT2D eigenvalue weighted by Gasteiger charge is -2.21. The van der Waals surface area contributed by atoms with Gasteiger partial charge < -0.3 is 15.2 Å². The molecule has 0 aromatic heterocycles. The molecule has 0 atom stereocenters. The van der Waals surface area contributed by atoms with Crippen LogP contribution in [0.1, 0.15) is 25.0 Å². The van der Waals surface area contributed by atoms with Gasteiger partial charge in [-0.05, 0) is 25.5 Å². The first-order valence-corrected chi connectivity index (χ1v) is 6.02. The van der Waals surface area contributed by atoms with E-state index in [2.05, 4.69) is 17.2 Å². The minimum absolute atomic E-state index is 0.181. The first-order valence-electron chi connectivity index (χ1n) is 6.02. The molecular weight excluding hydrogens is 242 g/mol. The van der Waals surface area contributed by atoms with E-state index in [1.54, 1.807) is 13.8 Å². The normalized spacial score (nSPS) is 10.5. The third-order valence-corrected chi connectivity index (χ3v) is 2.82. The fraction of sp³-hybridized carbons (Fsp3) is 0.400. The summed E-state index contributed by atoms with van der Waals surface area (Å²) in [6.07, 6.45) is 0. The maximum atomic E-state index is 11.9. The Kier molecular flexibility index (Phi) is 5.56. The van der Waals surface area contributed by atoms with Gasteiger partial charge in [0.1, 0.15) is 12.2 Å². The first kappa shape index (κ1) is 15.2. The number of aliphatic hydroxyl groups is 1. The molecule has 0 aliphatic carbocycles.